The van der Waals surface area contributed by atoms with Crippen LogP contribution < -0.4 is 0 Å². The van der Waals surface area contributed by atoms with Crippen molar-refractivity contribution in [2.75, 3.05) is 5.33 Å². The number of rotatable bonds is 4. The first-order chi connectivity index (χ1) is 7.04. The predicted octanol–water partition coefficient (Wildman–Crippen LogP) is 4.80. The van der Waals surface area contributed by atoms with Gasteiger partial charge in [0.15, 0.2) is 0 Å². The molecule has 3 heteroatoms. The van der Waals surface area contributed by atoms with Crippen LogP contribution in [-0.4, -0.2) is 5.33 Å². The Morgan fingerprint density at radius 2 is 2.00 bits per heavy atom. The molecule has 0 heterocycles. The molecule has 1 aromatic rings. The van der Waals surface area contributed by atoms with Crippen LogP contribution in [0.15, 0.2) is 22.7 Å². The van der Waals surface area contributed by atoms with E-state index in [-0.39, 0.29) is 5.82 Å². The third-order valence-corrected chi connectivity index (χ3v) is 4.24. The van der Waals surface area contributed by atoms with Crippen molar-refractivity contribution in [3.63, 3.8) is 0 Å². The number of benzene rings is 1. The van der Waals surface area contributed by atoms with Gasteiger partial charge in [-0.05, 0) is 42.0 Å². The molecule has 0 aromatic heterocycles. The molecule has 15 heavy (non-hydrogen) atoms. The van der Waals surface area contributed by atoms with Crippen LogP contribution in [0, 0.1) is 17.7 Å². The molecule has 1 aromatic carbocycles. The van der Waals surface area contributed by atoms with Crippen molar-refractivity contribution in [1.29, 1.82) is 0 Å². The van der Waals surface area contributed by atoms with Gasteiger partial charge in [0, 0.05) is 9.80 Å². The van der Waals surface area contributed by atoms with Crippen LogP contribution in [0.2, 0.25) is 0 Å². The SMILES string of the molecule is CC(C)C(CBr)Cc1cc(F)ccc1Br. The van der Waals surface area contributed by atoms with E-state index in [0.717, 1.165) is 21.8 Å². The second kappa shape index (κ2) is 6.00. The molecule has 0 bridgehead atoms. The lowest BCUT2D eigenvalue weighted by Crippen LogP contribution is -2.13. The monoisotopic (exact) mass is 336 g/mol. The molecule has 1 atom stereocenters. The van der Waals surface area contributed by atoms with Gasteiger partial charge in [0.2, 0.25) is 0 Å². The first-order valence-electron chi connectivity index (χ1n) is 5.04. The number of hydrogen-bond donors (Lipinski definition) is 0. The zero-order valence-electron chi connectivity index (χ0n) is 8.93. The van der Waals surface area contributed by atoms with Crippen LogP contribution in [0.25, 0.3) is 0 Å². The van der Waals surface area contributed by atoms with Gasteiger partial charge >= 0.3 is 0 Å². The van der Waals surface area contributed by atoms with Crippen molar-refractivity contribution >= 4 is 31.9 Å². The lowest BCUT2D eigenvalue weighted by atomic mass is 9.91. The molecule has 0 nitrogen and oxygen atoms in total. The summed E-state index contributed by atoms with van der Waals surface area (Å²) in [6.45, 7) is 4.39. The molecule has 0 aliphatic carbocycles. The van der Waals surface area contributed by atoms with E-state index in [4.69, 9.17) is 0 Å². The average molecular weight is 338 g/mol. The summed E-state index contributed by atoms with van der Waals surface area (Å²) < 4.78 is 14.1. The summed E-state index contributed by atoms with van der Waals surface area (Å²) in [6, 6.07) is 4.87. The highest BCUT2D eigenvalue weighted by Gasteiger charge is 2.14. The Bertz CT molecular complexity index is 323. The summed E-state index contributed by atoms with van der Waals surface area (Å²) in [5.41, 5.74) is 1.05. The zero-order chi connectivity index (χ0) is 11.4. The molecular weight excluding hydrogens is 323 g/mol. The van der Waals surface area contributed by atoms with Gasteiger partial charge in [0.25, 0.3) is 0 Å². The van der Waals surface area contributed by atoms with Crippen LogP contribution in [-0.2, 0) is 6.42 Å². The third-order valence-electron chi connectivity index (χ3n) is 2.63. The van der Waals surface area contributed by atoms with Crippen molar-refractivity contribution in [2.45, 2.75) is 20.3 Å². The molecule has 0 aliphatic rings. The summed E-state index contributed by atoms with van der Waals surface area (Å²) >= 11 is 6.96. The van der Waals surface area contributed by atoms with Gasteiger partial charge < -0.3 is 0 Å². The largest absolute Gasteiger partial charge is 0.207 e. The van der Waals surface area contributed by atoms with Crippen molar-refractivity contribution in [2.24, 2.45) is 11.8 Å². The van der Waals surface area contributed by atoms with Crippen LogP contribution in [0.3, 0.4) is 0 Å². The summed E-state index contributed by atoms with van der Waals surface area (Å²) in [6.07, 6.45) is 0.904. The highest BCUT2D eigenvalue weighted by Crippen LogP contribution is 2.25. The Morgan fingerprint density at radius 3 is 2.53 bits per heavy atom. The fourth-order valence-corrected chi connectivity index (χ4v) is 2.84. The molecule has 0 saturated carbocycles. The minimum absolute atomic E-state index is 0.162. The highest BCUT2D eigenvalue weighted by atomic mass is 79.9. The van der Waals surface area contributed by atoms with Crippen molar-refractivity contribution in [3.8, 4) is 0 Å². The Balaban J connectivity index is 2.82. The van der Waals surface area contributed by atoms with E-state index < -0.39 is 0 Å². The molecule has 0 radical (unpaired) electrons. The second-order valence-corrected chi connectivity index (χ2v) is 5.60. The van der Waals surface area contributed by atoms with E-state index in [0.29, 0.717) is 11.8 Å². The van der Waals surface area contributed by atoms with E-state index in [9.17, 15) is 4.39 Å². The molecule has 0 N–H and O–H groups in total. The predicted molar refractivity (Wildman–Crippen MR) is 69.9 cm³/mol. The lowest BCUT2D eigenvalue weighted by molar-refractivity contribution is 0.425. The van der Waals surface area contributed by atoms with E-state index in [1.165, 1.54) is 6.07 Å². The highest BCUT2D eigenvalue weighted by molar-refractivity contribution is 9.10. The van der Waals surface area contributed by atoms with Gasteiger partial charge in [-0.15, -0.1) is 0 Å². The van der Waals surface area contributed by atoms with Gasteiger partial charge in [-0.1, -0.05) is 45.7 Å². The van der Waals surface area contributed by atoms with E-state index in [1.54, 1.807) is 12.1 Å². The van der Waals surface area contributed by atoms with Crippen molar-refractivity contribution in [1.82, 2.24) is 0 Å². The van der Waals surface area contributed by atoms with Gasteiger partial charge in [-0.3, -0.25) is 0 Å². The lowest BCUT2D eigenvalue weighted by Gasteiger charge is -2.18. The molecule has 0 fully saturated rings. The number of hydrogen-bond acceptors (Lipinski definition) is 0. The maximum absolute atomic E-state index is 13.1. The molecular formula is C12H15Br2F. The Hall–Kier alpha value is 0.110. The zero-order valence-corrected chi connectivity index (χ0v) is 12.1. The summed E-state index contributed by atoms with van der Waals surface area (Å²) in [4.78, 5) is 0. The minimum atomic E-state index is -0.162. The second-order valence-electron chi connectivity index (χ2n) is 4.10. The normalized spacial score (nSPS) is 13.2. The molecule has 0 amide bonds. The maximum Gasteiger partial charge on any atom is 0.123 e. The van der Waals surface area contributed by atoms with Crippen LogP contribution in [0.4, 0.5) is 4.39 Å². The molecule has 0 aliphatic heterocycles. The van der Waals surface area contributed by atoms with Crippen LogP contribution >= 0.6 is 31.9 Å². The number of alkyl halides is 1. The van der Waals surface area contributed by atoms with E-state index >= 15 is 0 Å². The third kappa shape index (κ3) is 3.87. The van der Waals surface area contributed by atoms with Crippen molar-refractivity contribution in [3.05, 3.63) is 34.1 Å². The fraction of sp³-hybridized carbons (Fsp3) is 0.500. The van der Waals surface area contributed by atoms with Gasteiger partial charge in [0.05, 0.1) is 0 Å². The Kier molecular flexibility index (Phi) is 5.27. The molecule has 0 saturated heterocycles. The Morgan fingerprint density at radius 1 is 1.33 bits per heavy atom. The van der Waals surface area contributed by atoms with Crippen LogP contribution in [0.1, 0.15) is 19.4 Å². The summed E-state index contributed by atoms with van der Waals surface area (Å²) in [7, 11) is 0. The number of halogens is 3. The molecule has 1 rings (SSSR count). The molecule has 0 spiro atoms. The molecule has 84 valence electrons. The maximum atomic E-state index is 13.1. The smallest absolute Gasteiger partial charge is 0.123 e. The standard InChI is InChI=1S/C12H15Br2F/c1-8(2)10(7-13)5-9-6-11(15)3-4-12(9)14/h3-4,6,8,10H,5,7H2,1-2H3. The average Bonchev–Trinajstić information content (AvgIpc) is 2.18. The topological polar surface area (TPSA) is 0 Å². The molecule has 1 unspecified atom stereocenters. The first kappa shape index (κ1) is 13.2. The first-order valence-corrected chi connectivity index (χ1v) is 6.96. The fourth-order valence-electron chi connectivity index (χ4n) is 1.45. The van der Waals surface area contributed by atoms with Gasteiger partial charge in [-0.2, -0.15) is 0 Å². The van der Waals surface area contributed by atoms with Crippen LogP contribution in [0.5, 0.6) is 0 Å². The minimum Gasteiger partial charge on any atom is -0.207 e. The van der Waals surface area contributed by atoms with E-state index in [2.05, 4.69) is 45.7 Å². The quantitative estimate of drug-likeness (QED) is 0.692. The van der Waals surface area contributed by atoms with Gasteiger partial charge in [0.1, 0.15) is 5.82 Å². The summed E-state index contributed by atoms with van der Waals surface area (Å²) in [5, 5.41) is 0.952. The van der Waals surface area contributed by atoms with E-state index in [1.807, 2.05) is 0 Å². The van der Waals surface area contributed by atoms with Crippen molar-refractivity contribution < 1.29 is 4.39 Å². The Labute approximate surface area is 108 Å². The summed E-state index contributed by atoms with van der Waals surface area (Å²) in [5.74, 6) is 0.980. The van der Waals surface area contributed by atoms with Gasteiger partial charge in [-0.25, -0.2) is 4.39 Å².